The Balaban J connectivity index is 1.60. The Labute approximate surface area is 225 Å². The second-order valence-corrected chi connectivity index (χ2v) is 10.4. The number of nitrogens with one attached hydrogen (secondary N) is 1. The summed E-state index contributed by atoms with van der Waals surface area (Å²) in [7, 11) is 0. The van der Waals surface area contributed by atoms with Gasteiger partial charge in [-0.05, 0) is 60.4 Å². The molecule has 0 spiro atoms. The van der Waals surface area contributed by atoms with Gasteiger partial charge in [0, 0.05) is 28.5 Å². The minimum Gasteiger partial charge on any atom is -0.484 e. The first kappa shape index (κ1) is 26.2. The molecule has 36 heavy (non-hydrogen) atoms. The normalized spacial score (nSPS) is 14.3. The lowest BCUT2D eigenvalue weighted by molar-refractivity contribution is -0.143. The fourth-order valence-electron chi connectivity index (χ4n) is 4.51. The number of hydrogen-bond acceptors (Lipinski definition) is 3. The summed E-state index contributed by atoms with van der Waals surface area (Å²) in [5.74, 6) is 0.165. The molecule has 1 saturated carbocycles. The zero-order chi connectivity index (χ0) is 25.3. The van der Waals surface area contributed by atoms with E-state index in [1.165, 1.54) is 0 Å². The third-order valence-corrected chi connectivity index (χ3v) is 7.14. The van der Waals surface area contributed by atoms with Gasteiger partial charge in [-0.25, -0.2) is 0 Å². The van der Waals surface area contributed by atoms with Crippen LogP contribution in [-0.2, 0) is 22.6 Å². The summed E-state index contributed by atoms with van der Waals surface area (Å²) in [5, 5.41) is 3.81. The van der Waals surface area contributed by atoms with Crippen LogP contribution in [0.4, 0.5) is 0 Å². The van der Waals surface area contributed by atoms with Crippen molar-refractivity contribution in [2.75, 3.05) is 6.61 Å². The highest BCUT2D eigenvalue weighted by atomic mass is 79.9. The Bertz CT molecular complexity index is 1150. The third-order valence-electron chi connectivity index (χ3n) is 6.39. The topological polar surface area (TPSA) is 58.6 Å². The second-order valence-electron chi connectivity index (χ2n) is 9.09. The fourth-order valence-corrected chi connectivity index (χ4v) is 5.08. The molecule has 1 aliphatic carbocycles. The molecule has 3 aromatic rings. The Kier molecular flexibility index (Phi) is 9.42. The summed E-state index contributed by atoms with van der Waals surface area (Å²) >= 11 is 9.49. The first-order chi connectivity index (χ1) is 17.5. The molecular formula is C29H30BrClN2O3. The summed E-state index contributed by atoms with van der Waals surface area (Å²) < 4.78 is 6.70. The van der Waals surface area contributed by atoms with Crippen LogP contribution in [0.15, 0.2) is 83.3 Å². The highest BCUT2D eigenvalue weighted by Crippen LogP contribution is 2.22. The van der Waals surface area contributed by atoms with E-state index in [2.05, 4.69) is 21.2 Å². The molecule has 0 aliphatic heterocycles. The molecule has 7 heteroatoms. The van der Waals surface area contributed by atoms with Crippen LogP contribution < -0.4 is 10.1 Å². The maximum Gasteiger partial charge on any atom is 0.261 e. The second kappa shape index (κ2) is 12.9. The standard InChI is InChI=1S/C29H30BrClN2O3/c30-23-10-6-9-22(17-23)19-33(28(34)20-36-26-15-13-24(31)14-16-26)27(18-21-7-2-1-3-8-21)29(35)32-25-11-4-5-12-25/h1-3,6-10,13-17,25,27H,4-5,11-12,18-20H2,(H,32,35). The molecule has 1 aliphatic rings. The van der Waals surface area contributed by atoms with E-state index in [-0.39, 0.29) is 31.0 Å². The summed E-state index contributed by atoms with van der Waals surface area (Å²) in [6, 6.07) is 24.0. The molecule has 0 bridgehead atoms. The number of carbonyl (C=O) groups excluding carboxylic acids is 2. The molecule has 0 heterocycles. The monoisotopic (exact) mass is 568 g/mol. The van der Waals surface area contributed by atoms with Gasteiger partial charge in [0.25, 0.3) is 5.91 Å². The third kappa shape index (κ3) is 7.58. The lowest BCUT2D eigenvalue weighted by Crippen LogP contribution is -2.53. The van der Waals surface area contributed by atoms with Crippen LogP contribution in [0.3, 0.4) is 0 Å². The van der Waals surface area contributed by atoms with E-state index in [9.17, 15) is 9.59 Å². The summed E-state index contributed by atoms with van der Waals surface area (Å²) in [6.45, 7) is 0.107. The van der Waals surface area contributed by atoms with E-state index < -0.39 is 6.04 Å². The summed E-state index contributed by atoms with van der Waals surface area (Å²) in [5.41, 5.74) is 1.92. The zero-order valence-electron chi connectivity index (χ0n) is 20.0. The van der Waals surface area contributed by atoms with Crippen molar-refractivity contribution in [3.05, 3.63) is 99.5 Å². The average Bonchev–Trinajstić information content (AvgIpc) is 3.39. The molecule has 5 nitrogen and oxygen atoms in total. The van der Waals surface area contributed by atoms with Crippen LogP contribution in [0.1, 0.15) is 36.8 Å². The first-order valence-electron chi connectivity index (χ1n) is 12.2. The van der Waals surface area contributed by atoms with Crippen LogP contribution in [0.5, 0.6) is 5.75 Å². The number of ether oxygens (including phenoxy) is 1. The van der Waals surface area contributed by atoms with Gasteiger partial charge in [0.2, 0.25) is 5.91 Å². The SMILES string of the molecule is O=C(NC1CCCC1)C(Cc1ccccc1)N(Cc1cccc(Br)c1)C(=O)COc1ccc(Cl)cc1. The minimum absolute atomic E-state index is 0.124. The molecular weight excluding hydrogens is 540 g/mol. The van der Waals surface area contributed by atoms with Crippen molar-refractivity contribution in [1.82, 2.24) is 10.2 Å². The number of rotatable bonds is 10. The van der Waals surface area contributed by atoms with Crippen LogP contribution in [-0.4, -0.2) is 35.4 Å². The Morgan fingerprint density at radius 3 is 2.36 bits per heavy atom. The van der Waals surface area contributed by atoms with Crippen LogP contribution in [0.2, 0.25) is 5.02 Å². The minimum atomic E-state index is -0.673. The highest BCUT2D eigenvalue weighted by molar-refractivity contribution is 9.10. The molecule has 3 aromatic carbocycles. The number of benzene rings is 3. The molecule has 0 radical (unpaired) electrons. The predicted molar refractivity (Wildman–Crippen MR) is 146 cm³/mol. The van der Waals surface area contributed by atoms with Gasteiger partial charge in [-0.3, -0.25) is 9.59 Å². The molecule has 1 N–H and O–H groups in total. The Morgan fingerprint density at radius 2 is 1.67 bits per heavy atom. The number of hydrogen-bond donors (Lipinski definition) is 1. The Morgan fingerprint density at radius 1 is 0.972 bits per heavy atom. The van der Waals surface area contributed by atoms with Crippen molar-refractivity contribution in [3.8, 4) is 5.75 Å². The zero-order valence-corrected chi connectivity index (χ0v) is 22.4. The smallest absolute Gasteiger partial charge is 0.261 e. The van der Waals surface area contributed by atoms with Crippen molar-refractivity contribution in [2.24, 2.45) is 0 Å². The lowest BCUT2D eigenvalue weighted by Gasteiger charge is -2.32. The maximum absolute atomic E-state index is 13.6. The van der Waals surface area contributed by atoms with E-state index in [1.54, 1.807) is 29.2 Å². The van der Waals surface area contributed by atoms with Crippen molar-refractivity contribution < 1.29 is 14.3 Å². The quantitative estimate of drug-likeness (QED) is 0.317. The van der Waals surface area contributed by atoms with E-state index in [1.807, 2.05) is 54.6 Å². The highest BCUT2D eigenvalue weighted by Gasteiger charge is 2.32. The van der Waals surface area contributed by atoms with Crippen molar-refractivity contribution >= 4 is 39.3 Å². The maximum atomic E-state index is 13.6. The van der Waals surface area contributed by atoms with Crippen molar-refractivity contribution in [2.45, 2.75) is 50.7 Å². The number of carbonyl (C=O) groups is 2. The summed E-state index contributed by atoms with van der Waals surface area (Å²) in [4.78, 5) is 28.9. The summed E-state index contributed by atoms with van der Waals surface area (Å²) in [6.07, 6.45) is 4.60. The molecule has 2 amide bonds. The Hall–Kier alpha value is -2.83. The van der Waals surface area contributed by atoms with Gasteiger partial charge in [0.1, 0.15) is 11.8 Å². The molecule has 1 fully saturated rings. The van der Waals surface area contributed by atoms with Gasteiger partial charge in [-0.15, -0.1) is 0 Å². The van der Waals surface area contributed by atoms with Gasteiger partial charge in [0.05, 0.1) is 0 Å². The predicted octanol–water partition coefficient (Wildman–Crippen LogP) is 6.18. The van der Waals surface area contributed by atoms with Crippen LogP contribution >= 0.6 is 27.5 Å². The number of halogens is 2. The van der Waals surface area contributed by atoms with Gasteiger partial charge in [-0.2, -0.15) is 0 Å². The first-order valence-corrected chi connectivity index (χ1v) is 13.4. The largest absolute Gasteiger partial charge is 0.484 e. The molecule has 1 atom stereocenters. The molecule has 188 valence electrons. The number of nitrogens with zero attached hydrogens (tertiary/aromatic N) is 1. The van der Waals surface area contributed by atoms with Crippen molar-refractivity contribution in [3.63, 3.8) is 0 Å². The average molecular weight is 570 g/mol. The van der Waals surface area contributed by atoms with Crippen molar-refractivity contribution in [1.29, 1.82) is 0 Å². The van der Waals surface area contributed by atoms with Gasteiger partial charge in [-0.1, -0.05) is 82.8 Å². The number of amides is 2. The molecule has 0 aromatic heterocycles. The van der Waals surface area contributed by atoms with E-state index in [0.717, 1.165) is 41.3 Å². The van der Waals surface area contributed by atoms with E-state index in [4.69, 9.17) is 16.3 Å². The molecule has 4 rings (SSSR count). The molecule has 0 saturated heterocycles. The fraction of sp³-hybridized carbons (Fsp3) is 0.310. The van der Waals surface area contributed by atoms with Gasteiger partial charge < -0.3 is 15.0 Å². The van der Waals surface area contributed by atoms with Gasteiger partial charge >= 0.3 is 0 Å². The lowest BCUT2D eigenvalue weighted by atomic mass is 10.0. The molecule has 1 unspecified atom stereocenters. The van der Waals surface area contributed by atoms with E-state index >= 15 is 0 Å². The van der Waals surface area contributed by atoms with Crippen LogP contribution in [0.25, 0.3) is 0 Å². The van der Waals surface area contributed by atoms with E-state index in [0.29, 0.717) is 17.2 Å². The van der Waals surface area contributed by atoms with Gasteiger partial charge in [0.15, 0.2) is 6.61 Å². The van der Waals surface area contributed by atoms with Crippen LogP contribution in [0, 0.1) is 0 Å².